The quantitative estimate of drug-likeness (QED) is 0.823. The maximum atomic E-state index is 11.8. The van der Waals surface area contributed by atoms with Gasteiger partial charge in [-0.25, -0.2) is 4.79 Å². The van der Waals surface area contributed by atoms with E-state index in [9.17, 15) is 4.79 Å². The molecule has 0 saturated heterocycles. The van der Waals surface area contributed by atoms with E-state index >= 15 is 0 Å². The third-order valence-electron chi connectivity index (χ3n) is 3.44. The maximum absolute atomic E-state index is 11.8. The normalized spacial score (nSPS) is 16.1. The second kappa shape index (κ2) is 5.89. The number of nitrogens with one attached hydrogen (secondary N) is 2. The molecule has 1 unspecified atom stereocenters. The summed E-state index contributed by atoms with van der Waals surface area (Å²) in [6.45, 7) is 4.97. The van der Waals surface area contributed by atoms with Crippen molar-refractivity contribution in [2.24, 2.45) is 5.92 Å². The summed E-state index contributed by atoms with van der Waals surface area (Å²) in [6.07, 6.45) is 3.42. The topological polar surface area (TPSA) is 41.1 Å². The van der Waals surface area contributed by atoms with Crippen molar-refractivity contribution in [1.29, 1.82) is 0 Å². The van der Waals surface area contributed by atoms with E-state index < -0.39 is 0 Å². The third-order valence-corrected chi connectivity index (χ3v) is 3.44. The Morgan fingerprint density at radius 1 is 1.33 bits per heavy atom. The van der Waals surface area contributed by atoms with E-state index in [0.717, 1.165) is 18.9 Å². The molecule has 2 rings (SSSR count). The van der Waals surface area contributed by atoms with Crippen molar-refractivity contribution in [3.63, 3.8) is 0 Å². The largest absolute Gasteiger partial charge is 0.338 e. The van der Waals surface area contributed by atoms with Crippen LogP contribution in [0.3, 0.4) is 0 Å². The highest BCUT2D eigenvalue weighted by Gasteiger charge is 2.22. The van der Waals surface area contributed by atoms with Crippen LogP contribution in [0.5, 0.6) is 0 Å². The van der Waals surface area contributed by atoms with Crippen LogP contribution >= 0.6 is 0 Å². The first-order valence-electron chi connectivity index (χ1n) is 6.80. The Balaban J connectivity index is 1.87. The molecule has 1 aliphatic carbocycles. The minimum Gasteiger partial charge on any atom is -0.338 e. The Kier molecular flexibility index (Phi) is 4.24. The van der Waals surface area contributed by atoms with Crippen LogP contribution in [0, 0.1) is 12.8 Å². The molecule has 0 aromatic heterocycles. The fourth-order valence-corrected chi connectivity index (χ4v) is 1.99. The zero-order chi connectivity index (χ0) is 13.0. The van der Waals surface area contributed by atoms with Gasteiger partial charge in [0.1, 0.15) is 0 Å². The van der Waals surface area contributed by atoms with Crippen LogP contribution in [0.15, 0.2) is 24.3 Å². The number of carbonyl (C=O) groups is 1. The zero-order valence-electron chi connectivity index (χ0n) is 11.2. The first-order valence-corrected chi connectivity index (χ1v) is 6.80. The minimum absolute atomic E-state index is 0.0469. The number of amides is 2. The molecule has 18 heavy (non-hydrogen) atoms. The van der Waals surface area contributed by atoms with Crippen LogP contribution in [0.25, 0.3) is 0 Å². The van der Waals surface area contributed by atoms with Crippen molar-refractivity contribution in [2.45, 2.75) is 39.2 Å². The molecule has 2 N–H and O–H groups in total. The summed E-state index contributed by atoms with van der Waals surface area (Å²) in [7, 11) is 0. The van der Waals surface area contributed by atoms with E-state index in [1.165, 1.54) is 24.0 Å². The van der Waals surface area contributed by atoms with Gasteiger partial charge in [-0.2, -0.15) is 0 Å². The van der Waals surface area contributed by atoms with Gasteiger partial charge in [0.15, 0.2) is 0 Å². The number of carbonyl (C=O) groups excluding carboxylic acids is 1. The summed E-state index contributed by atoms with van der Waals surface area (Å²) < 4.78 is 0. The minimum atomic E-state index is -0.0469. The smallest absolute Gasteiger partial charge is 0.315 e. The Labute approximate surface area is 109 Å². The molecule has 1 fully saturated rings. The molecular weight excluding hydrogens is 224 g/mol. The van der Waals surface area contributed by atoms with Crippen LogP contribution < -0.4 is 10.6 Å². The van der Waals surface area contributed by atoms with Crippen molar-refractivity contribution in [3.8, 4) is 0 Å². The van der Waals surface area contributed by atoms with Gasteiger partial charge in [0.05, 0.1) is 6.04 Å². The fraction of sp³-hybridized carbons (Fsp3) is 0.533. The molecule has 0 aliphatic heterocycles. The van der Waals surface area contributed by atoms with Gasteiger partial charge < -0.3 is 10.6 Å². The molecule has 0 heterocycles. The van der Waals surface area contributed by atoms with E-state index in [-0.39, 0.29) is 12.1 Å². The fourth-order valence-electron chi connectivity index (χ4n) is 1.99. The van der Waals surface area contributed by atoms with Gasteiger partial charge in [-0.1, -0.05) is 36.8 Å². The van der Waals surface area contributed by atoms with Gasteiger partial charge in [-0.15, -0.1) is 0 Å². The summed E-state index contributed by atoms with van der Waals surface area (Å²) in [4.78, 5) is 11.8. The van der Waals surface area contributed by atoms with Crippen molar-refractivity contribution >= 4 is 6.03 Å². The average molecular weight is 246 g/mol. The van der Waals surface area contributed by atoms with Gasteiger partial charge in [-0.05, 0) is 37.7 Å². The molecule has 1 atom stereocenters. The monoisotopic (exact) mass is 246 g/mol. The number of rotatable bonds is 5. The molecule has 98 valence electrons. The Morgan fingerprint density at radius 3 is 2.56 bits per heavy atom. The molecular formula is C15H22N2O. The Bertz CT molecular complexity index is 395. The third kappa shape index (κ3) is 3.76. The number of aryl methyl sites for hydroxylation is 1. The molecule has 3 heteroatoms. The van der Waals surface area contributed by atoms with Crippen molar-refractivity contribution < 1.29 is 4.79 Å². The molecule has 1 aromatic rings. The van der Waals surface area contributed by atoms with Crippen LogP contribution in [0.2, 0.25) is 0 Å². The molecule has 1 saturated carbocycles. The van der Waals surface area contributed by atoms with E-state index in [4.69, 9.17) is 0 Å². The van der Waals surface area contributed by atoms with Crippen LogP contribution in [-0.2, 0) is 0 Å². The second-order valence-corrected chi connectivity index (χ2v) is 5.17. The predicted molar refractivity (Wildman–Crippen MR) is 73.5 cm³/mol. The van der Waals surface area contributed by atoms with E-state index in [1.54, 1.807) is 0 Å². The lowest BCUT2D eigenvalue weighted by Gasteiger charge is -2.18. The molecule has 0 bridgehead atoms. The van der Waals surface area contributed by atoms with E-state index in [1.807, 2.05) is 0 Å². The highest BCUT2D eigenvalue weighted by Crippen LogP contribution is 2.27. The van der Waals surface area contributed by atoms with Crippen LogP contribution in [0.1, 0.15) is 43.4 Å². The van der Waals surface area contributed by atoms with Crippen LogP contribution in [0.4, 0.5) is 4.79 Å². The Hall–Kier alpha value is -1.51. The molecule has 1 aromatic carbocycles. The molecule has 0 spiro atoms. The van der Waals surface area contributed by atoms with E-state index in [0.29, 0.717) is 0 Å². The predicted octanol–water partition coefficient (Wildman–Crippen LogP) is 3.16. The maximum Gasteiger partial charge on any atom is 0.315 e. The summed E-state index contributed by atoms with van der Waals surface area (Å²) in [5, 5.41) is 5.98. The summed E-state index contributed by atoms with van der Waals surface area (Å²) in [5.41, 5.74) is 2.41. The standard InChI is InChI=1S/C15H22N2O/c1-3-14(13-8-4-11(2)5-9-13)17-15(18)16-10-12-6-7-12/h4-5,8-9,12,14H,3,6-7,10H2,1-2H3,(H2,16,17,18). The van der Waals surface area contributed by atoms with Gasteiger partial charge >= 0.3 is 6.03 Å². The van der Waals surface area contributed by atoms with Gasteiger partial charge in [0, 0.05) is 6.54 Å². The van der Waals surface area contributed by atoms with E-state index in [2.05, 4.69) is 48.7 Å². The van der Waals surface area contributed by atoms with Gasteiger partial charge in [-0.3, -0.25) is 0 Å². The van der Waals surface area contributed by atoms with Gasteiger partial charge in [0.25, 0.3) is 0 Å². The first-order chi connectivity index (χ1) is 8.69. The lowest BCUT2D eigenvalue weighted by molar-refractivity contribution is 0.236. The molecule has 0 radical (unpaired) electrons. The van der Waals surface area contributed by atoms with Crippen molar-refractivity contribution in [2.75, 3.05) is 6.54 Å². The zero-order valence-corrected chi connectivity index (χ0v) is 11.2. The average Bonchev–Trinajstić information content (AvgIpc) is 3.19. The Morgan fingerprint density at radius 2 is 2.00 bits per heavy atom. The molecule has 1 aliphatic rings. The highest BCUT2D eigenvalue weighted by molar-refractivity contribution is 5.74. The summed E-state index contributed by atoms with van der Waals surface area (Å²) in [6, 6.07) is 8.40. The number of urea groups is 1. The lowest BCUT2D eigenvalue weighted by atomic mass is 10.0. The van der Waals surface area contributed by atoms with Crippen LogP contribution in [-0.4, -0.2) is 12.6 Å². The molecule has 3 nitrogen and oxygen atoms in total. The summed E-state index contributed by atoms with van der Waals surface area (Å²) >= 11 is 0. The number of hydrogen-bond donors (Lipinski definition) is 2. The SMILES string of the molecule is CCC(NC(=O)NCC1CC1)c1ccc(C)cc1. The number of hydrogen-bond acceptors (Lipinski definition) is 1. The van der Waals surface area contributed by atoms with Crippen molar-refractivity contribution in [3.05, 3.63) is 35.4 Å². The summed E-state index contributed by atoms with van der Waals surface area (Å²) in [5.74, 6) is 0.718. The molecule has 2 amide bonds. The first kappa shape index (κ1) is 12.9. The number of benzene rings is 1. The van der Waals surface area contributed by atoms with Crippen molar-refractivity contribution in [1.82, 2.24) is 10.6 Å². The lowest BCUT2D eigenvalue weighted by Crippen LogP contribution is -2.38. The second-order valence-electron chi connectivity index (χ2n) is 5.17. The van der Waals surface area contributed by atoms with Gasteiger partial charge in [0.2, 0.25) is 0 Å². The highest BCUT2D eigenvalue weighted by atomic mass is 16.2.